The van der Waals surface area contributed by atoms with Crippen LogP contribution in [0.25, 0.3) is 11.1 Å². The molecule has 0 fully saturated rings. The van der Waals surface area contributed by atoms with E-state index in [-0.39, 0.29) is 24.4 Å². The van der Waals surface area contributed by atoms with E-state index in [4.69, 9.17) is 0 Å². The van der Waals surface area contributed by atoms with Crippen LogP contribution < -0.4 is 24.0 Å². The van der Waals surface area contributed by atoms with Gasteiger partial charge in [-0.2, -0.15) is 0 Å². The van der Waals surface area contributed by atoms with Crippen LogP contribution in [0, 0.1) is 5.82 Å². The van der Waals surface area contributed by atoms with Crippen molar-refractivity contribution in [2.75, 3.05) is 0 Å². The van der Waals surface area contributed by atoms with Gasteiger partial charge in [0.1, 0.15) is 0 Å². The maximum Gasteiger partial charge on any atom is 1.00 e. The van der Waals surface area contributed by atoms with Crippen molar-refractivity contribution in [2.45, 2.75) is 0 Å². The van der Waals surface area contributed by atoms with Gasteiger partial charge < -0.3 is 9.52 Å². The van der Waals surface area contributed by atoms with Crippen molar-refractivity contribution in [1.29, 1.82) is 0 Å². The zero-order chi connectivity index (χ0) is 9.26. The molecular weight excluding hydrogens is 178 g/mol. The van der Waals surface area contributed by atoms with E-state index in [1.807, 2.05) is 6.07 Å². The fraction of sp³-hybridized carbons (Fsp3) is 0. The standard InChI is InChI=1S/C10H7FO2.Li/c11-9-8(6-13-10(9)12)7-4-2-1-3-5-7;/h1-6,12H;/q;+1/p-1. The Hall–Kier alpha value is -1.17. The molecule has 0 aliphatic heterocycles. The predicted octanol–water partition coefficient (Wildman–Crippen LogP) is -0.837. The van der Waals surface area contributed by atoms with Crippen LogP contribution >= 0.6 is 0 Å². The molecule has 0 aliphatic rings. The Balaban J connectivity index is 0.000000980. The van der Waals surface area contributed by atoms with Crippen molar-refractivity contribution in [3.05, 3.63) is 42.4 Å². The molecule has 0 spiro atoms. The van der Waals surface area contributed by atoms with Gasteiger partial charge in [-0.25, -0.2) is 4.39 Å². The third-order valence-corrected chi connectivity index (χ3v) is 1.78. The summed E-state index contributed by atoms with van der Waals surface area (Å²) in [6, 6.07) is 8.79. The topological polar surface area (TPSA) is 36.2 Å². The van der Waals surface area contributed by atoms with Crippen molar-refractivity contribution in [3.63, 3.8) is 0 Å². The first kappa shape index (κ1) is 10.9. The van der Waals surface area contributed by atoms with E-state index in [9.17, 15) is 9.50 Å². The molecule has 2 rings (SSSR count). The minimum absolute atomic E-state index is 0. The average Bonchev–Trinajstić information content (AvgIpc) is 2.49. The van der Waals surface area contributed by atoms with E-state index in [0.29, 0.717) is 5.56 Å². The summed E-state index contributed by atoms with van der Waals surface area (Å²) in [6.07, 6.45) is 1.13. The smallest absolute Gasteiger partial charge is 0.584 e. The maximum atomic E-state index is 13.0. The zero-order valence-electron chi connectivity index (χ0n) is 7.66. The first-order chi connectivity index (χ1) is 6.29. The van der Waals surface area contributed by atoms with Gasteiger partial charge in [0.15, 0.2) is 5.82 Å². The molecule has 0 radical (unpaired) electrons. The molecule has 0 N–H and O–H groups in total. The summed E-state index contributed by atoms with van der Waals surface area (Å²) in [7, 11) is 0. The molecule has 0 aliphatic carbocycles. The molecule has 2 nitrogen and oxygen atoms in total. The SMILES string of the molecule is [Li+].[O-]c1occ(-c2ccccc2)c1F. The van der Waals surface area contributed by atoms with Crippen LogP contribution in [-0.4, -0.2) is 0 Å². The Morgan fingerprint density at radius 3 is 2.29 bits per heavy atom. The minimum Gasteiger partial charge on any atom is -0.584 e. The second-order valence-electron chi connectivity index (χ2n) is 2.62. The largest absolute Gasteiger partial charge is 1.00 e. The molecule has 1 aromatic heterocycles. The Labute approximate surface area is 92.5 Å². The Morgan fingerprint density at radius 2 is 1.79 bits per heavy atom. The summed E-state index contributed by atoms with van der Waals surface area (Å²) >= 11 is 0. The van der Waals surface area contributed by atoms with Crippen molar-refractivity contribution in [1.82, 2.24) is 0 Å². The van der Waals surface area contributed by atoms with Crippen molar-refractivity contribution >= 4 is 0 Å². The van der Waals surface area contributed by atoms with E-state index >= 15 is 0 Å². The molecule has 0 saturated heterocycles. The molecule has 0 atom stereocenters. The molecule has 0 unspecified atom stereocenters. The third kappa shape index (κ3) is 1.84. The second-order valence-corrected chi connectivity index (χ2v) is 2.62. The first-order valence-corrected chi connectivity index (χ1v) is 3.78. The van der Waals surface area contributed by atoms with Crippen molar-refractivity contribution in [2.24, 2.45) is 0 Å². The van der Waals surface area contributed by atoms with Crippen LogP contribution in [0.4, 0.5) is 4.39 Å². The number of hydrogen-bond acceptors (Lipinski definition) is 2. The first-order valence-electron chi connectivity index (χ1n) is 3.78. The van der Waals surface area contributed by atoms with E-state index in [0.717, 1.165) is 6.26 Å². The number of benzene rings is 1. The van der Waals surface area contributed by atoms with E-state index in [1.54, 1.807) is 24.3 Å². The second kappa shape index (κ2) is 4.36. The van der Waals surface area contributed by atoms with Crippen LogP contribution in [0.1, 0.15) is 0 Å². The van der Waals surface area contributed by atoms with E-state index < -0.39 is 11.8 Å². The molecule has 14 heavy (non-hydrogen) atoms. The molecule has 0 bridgehead atoms. The molecule has 1 heterocycles. The van der Waals surface area contributed by atoms with Crippen molar-refractivity contribution in [3.8, 4) is 17.1 Å². The average molecular weight is 184 g/mol. The van der Waals surface area contributed by atoms with Gasteiger partial charge in [-0.05, 0) is 11.8 Å². The maximum absolute atomic E-state index is 13.0. The molecule has 1 aromatic carbocycles. The van der Waals surface area contributed by atoms with Gasteiger partial charge in [0, 0.05) is 5.56 Å². The summed E-state index contributed by atoms with van der Waals surface area (Å²) in [4.78, 5) is 0. The quantitative estimate of drug-likeness (QED) is 0.542. The molecule has 0 saturated carbocycles. The number of hydrogen-bond donors (Lipinski definition) is 0. The zero-order valence-corrected chi connectivity index (χ0v) is 7.66. The normalized spacial score (nSPS) is 9.50. The van der Waals surface area contributed by atoms with Gasteiger partial charge in [-0.1, -0.05) is 30.3 Å². The summed E-state index contributed by atoms with van der Waals surface area (Å²) < 4.78 is 17.5. The molecule has 0 amide bonds. The Bertz CT molecular complexity index is 411. The van der Waals surface area contributed by atoms with E-state index in [2.05, 4.69) is 4.42 Å². The Morgan fingerprint density at radius 1 is 1.14 bits per heavy atom. The van der Waals surface area contributed by atoms with Gasteiger partial charge in [0.25, 0.3) is 0 Å². The van der Waals surface area contributed by atoms with Gasteiger partial charge >= 0.3 is 18.9 Å². The fourth-order valence-corrected chi connectivity index (χ4v) is 1.14. The van der Waals surface area contributed by atoms with Crippen molar-refractivity contribution < 1.29 is 32.8 Å². The predicted molar refractivity (Wildman–Crippen MR) is 43.5 cm³/mol. The van der Waals surface area contributed by atoms with Crippen LogP contribution in [0.15, 0.2) is 41.0 Å². The Kier molecular flexibility index (Phi) is 3.40. The van der Waals surface area contributed by atoms with Crippen LogP contribution in [0.3, 0.4) is 0 Å². The molecule has 4 heteroatoms. The molecule has 66 valence electrons. The van der Waals surface area contributed by atoms with Gasteiger partial charge in [-0.3, -0.25) is 0 Å². The van der Waals surface area contributed by atoms with Gasteiger partial charge in [0.2, 0.25) is 0 Å². The third-order valence-electron chi connectivity index (χ3n) is 1.78. The van der Waals surface area contributed by atoms with Gasteiger partial charge in [0.05, 0.1) is 5.95 Å². The summed E-state index contributed by atoms with van der Waals surface area (Å²) in [5.41, 5.74) is 0.858. The fourth-order valence-electron chi connectivity index (χ4n) is 1.14. The monoisotopic (exact) mass is 184 g/mol. The number of rotatable bonds is 1. The molecular formula is C10H6FLiO2. The summed E-state index contributed by atoms with van der Waals surface area (Å²) in [5, 5.41) is 10.7. The number of halogens is 1. The molecule has 2 aromatic rings. The summed E-state index contributed by atoms with van der Waals surface area (Å²) in [6.45, 7) is 0. The minimum atomic E-state index is -0.918. The van der Waals surface area contributed by atoms with Crippen LogP contribution in [0.2, 0.25) is 0 Å². The van der Waals surface area contributed by atoms with E-state index in [1.165, 1.54) is 0 Å². The van der Waals surface area contributed by atoms with Gasteiger partial charge in [-0.15, -0.1) is 0 Å². The summed E-state index contributed by atoms with van der Waals surface area (Å²) in [5.74, 6) is -1.75. The number of furan rings is 1. The van der Waals surface area contributed by atoms with Crippen LogP contribution in [0.5, 0.6) is 5.95 Å². The van der Waals surface area contributed by atoms with Crippen LogP contribution in [-0.2, 0) is 0 Å².